The Kier molecular flexibility index (Phi) is 4.92. The molecule has 2 aromatic rings. The van der Waals surface area contributed by atoms with Crippen LogP contribution < -0.4 is 5.32 Å². The minimum absolute atomic E-state index is 0.0219. The van der Waals surface area contributed by atoms with Crippen LogP contribution in [0.15, 0.2) is 24.8 Å². The van der Waals surface area contributed by atoms with Crippen molar-refractivity contribution in [1.29, 1.82) is 0 Å². The fraction of sp³-hybridized carbons (Fsp3) is 0.500. The number of aromatic nitrogens is 4. The zero-order valence-electron chi connectivity index (χ0n) is 12.0. The molecule has 0 aliphatic heterocycles. The Bertz CT molecular complexity index is 532. The number of aryl methyl sites for hydroxylation is 1. The van der Waals surface area contributed by atoms with Crippen LogP contribution in [-0.2, 0) is 11.2 Å². The van der Waals surface area contributed by atoms with E-state index in [1.165, 1.54) is 0 Å². The number of carbonyl (C=O) groups excluding carboxylic acids is 1. The second-order valence-electron chi connectivity index (χ2n) is 4.84. The van der Waals surface area contributed by atoms with Gasteiger partial charge in [0.15, 0.2) is 5.82 Å². The van der Waals surface area contributed by atoms with E-state index in [4.69, 9.17) is 0 Å². The number of carbonyl (C=O) groups is 1. The van der Waals surface area contributed by atoms with Crippen LogP contribution in [0.3, 0.4) is 0 Å². The van der Waals surface area contributed by atoms with Crippen molar-refractivity contribution in [2.24, 2.45) is 0 Å². The maximum atomic E-state index is 12.1. The normalized spacial score (nSPS) is 12.3. The molecule has 1 amide bonds. The molecule has 2 aromatic heterocycles. The van der Waals surface area contributed by atoms with Crippen LogP contribution in [0.25, 0.3) is 0 Å². The summed E-state index contributed by atoms with van der Waals surface area (Å²) in [6, 6.07) is 2.01. The largest absolute Gasteiger partial charge is 0.334 e. The molecular weight excluding hydrogens is 254 g/mol. The van der Waals surface area contributed by atoms with E-state index in [-0.39, 0.29) is 11.9 Å². The Labute approximate surface area is 118 Å². The second-order valence-corrected chi connectivity index (χ2v) is 4.84. The number of anilines is 1. The Hall–Kier alpha value is -2.11. The molecule has 0 saturated carbocycles. The molecule has 0 aromatic carbocycles. The summed E-state index contributed by atoms with van der Waals surface area (Å²) in [7, 11) is 0. The van der Waals surface area contributed by atoms with Crippen LogP contribution in [0.2, 0.25) is 0 Å². The number of nitrogens with zero attached hydrogens (tertiary/aromatic N) is 3. The van der Waals surface area contributed by atoms with Gasteiger partial charge in [0.05, 0.1) is 6.33 Å². The first kappa shape index (κ1) is 14.3. The third-order valence-corrected chi connectivity index (χ3v) is 3.27. The van der Waals surface area contributed by atoms with Crippen molar-refractivity contribution in [2.45, 2.75) is 45.6 Å². The van der Waals surface area contributed by atoms with E-state index in [1.807, 2.05) is 23.8 Å². The first-order chi connectivity index (χ1) is 9.72. The molecule has 20 heavy (non-hydrogen) atoms. The number of nitrogens with one attached hydrogen (secondary N) is 2. The maximum absolute atomic E-state index is 12.1. The Morgan fingerprint density at radius 2 is 2.35 bits per heavy atom. The van der Waals surface area contributed by atoms with Crippen LogP contribution in [0.4, 0.5) is 5.82 Å². The molecule has 2 rings (SSSR count). The highest BCUT2D eigenvalue weighted by molar-refractivity contribution is 5.90. The van der Waals surface area contributed by atoms with E-state index in [2.05, 4.69) is 27.4 Å². The standard InChI is InChI=1S/C14H21N5O/c1-3-5-12(19-7-6-15-10-19)9-14(20)16-13-8-11(4-2)17-18-13/h6-8,10,12H,3-5,9H2,1-2H3,(H2,16,17,18,20). The molecule has 0 aliphatic carbocycles. The third kappa shape index (κ3) is 3.69. The van der Waals surface area contributed by atoms with Gasteiger partial charge in [0.2, 0.25) is 5.91 Å². The van der Waals surface area contributed by atoms with Crippen molar-refractivity contribution < 1.29 is 4.79 Å². The summed E-state index contributed by atoms with van der Waals surface area (Å²) in [5.41, 5.74) is 1.01. The lowest BCUT2D eigenvalue weighted by Crippen LogP contribution is -2.19. The molecule has 1 unspecified atom stereocenters. The van der Waals surface area contributed by atoms with Gasteiger partial charge in [-0.1, -0.05) is 20.3 Å². The lowest BCUT2D eigenvalue weighted by Gasteiger charge is -2.16. The number of hydrogen-bond acceptors (Lipinski definition) is 3. The molecule has 2 heterocycles. The van der Waals surface area contributed by atoms with E-state index in [9.17, 15) is 4.79 Å². The number of amides is 1. The summed E-state index contributed by atoms with van der Waals surface area (Å²) >= 11 is 0. The third-order valence-electron chi connectivity index (χ3n) is 3.27. The number of H-pyrrole nitrogens is 1. The van der Waals surface area contributed by atoms with Gasteiger partial charge in [0.25, 0.3) is 0 Å². The molecule has 0 saturated heterocycles. The van der Waals surface area contributed by atoms with E-state index in [1.54, 1.807) is 12.5 Å². The minimum Gasteiger partial charge on any atom is -0.334 e. The fourth-order valence-electron chi connectivity index (χ4n) is 2.19. The van der Waals surface area contributed by atoms with Crippen LogP contribution in [0.5, 0.6) is 0 Å². The summed E-state index contributed by atoms with van der Waals surface area (Å²) in [5.74, 6) is 0.569. The van der Waals surface area contributed by atoms with Crippen molar-refractivity contribution in [2.75, 3.05) is 5.32 Å². The highest BCUT2D eigenvalue weighted by atomic mass is 16.1. The van der Waals surface area contributed by atoms with Gasteiger partial charge in [-0.05, 0) is 12.8 Å². The molecule has 0 radical (unpaired) electrons. The second kappa shape index (κ2) is 6.88. The van der Waals surface area contributed by atoms with Gasteiger partial charge in [0.1, 0.15) is 0 Å². The van der Waals surface area contributed by atoms with Crippen molar-refractivity contribution in [3.05, 3.63) is 30.5 Å². The van der Waals surface area contributed by atoms with Gasteiger partial charge in [0, 0.05) is 36.6 Å². The molecule has 0 aliphatic rings. The zero-order chi connectivity index (χ0) is 14.4. The van der Waals surface area contributed by atoms with Gasteiger partial charge >= 0.3 is 0 Å². The highest BCUT2D eigenvalue weighted by Gasteiger charge is 2.15. The molecule has 6 nitrogen and oxygen atoms in total. The average molecular weight is 275 g/mol. The predicted octanol–water partition coefficient (Wildman–Crippen LogP) is 2.54. The summed E-state index contributed by atoms with van der Waals surface area (Å²) in [6.45, 7) is 4.15. The van der Waals surface area contributed by atoms with Gasteiger partial charge < -0.3 is 9.88 Å². The van der Waals surface area contributed by atoms with E-state index >= 15 is 0 Å². The SMILES string of the molecule is CCCC(CC(=O)Nc1cc(CC)[nH]n1)n1ccnc1. The molecule has 0 fully saturated rings. The molecule has 1 atom stereocenters. The van der Waals surface area contributed by atoms with Crippen LogP contribution in [-0.4, -0.2) is 25.7 Å². The molecule has 6 heteroatoms. The monoisotopic (exact) mass is 275 g/mol. The maximum Gasteiger partial charge on any atom is 0.227 e. The summed E-state index contributed by atoms with van der Waals surface area (Å²) in [4.78, 5) is 16.1. The number of aromatic amines is 1. The number of rotatable bonds is 7. The topological polar surface area (TPSA) is 75.6 Å². The van der Waals surface area contributed by atoms with Gasteiger partial charge in [-0.25, -0.2) is 4.98 Å². The van der Waals surface area contributed by atoms with Crippen molar-refractivity contribution in [1.82, 2.24) is 19.7 Å². The Balaban J connectivity index is 1.94. The summed E-state index contributed by atoms with van der Waals surface area (Å²) < 4.78 is 1.99. The van der Waals surface area contributed by atoms with Crippen LogP contribution in [0.1, 0.15) is 44.8 Å². The van der Waals surface area contributed by atoms with Crippen molar-refractivity contribution in [3.8, 4) is 0 Å². The first-order valence-corrected chi connectivity index (χ1v) is 7.04. The lowest BCUT2D eigenvalue weighted by molar-refractivity contribution is -0.117. The molecular formula is C14H21N5O. The lowest BCUT2D eigenvalue weighted by atomic mass is 10.1. The summed E-state index contributed by atoms with van der Waals surface area (Å²) in [5, 5.41) is 9.79. The van der Waals surface area contributed by atoms with Gasteiger partial charge in [-0.3, -0.25) is 9.89 Å². The first-order valence-electron chi connectivity index (χ1n) is 7.04. The van der Waals surface area contributed by atoms with Gasteiger partial charge in [-0.15, -0.1) is 0 Å². The Morgan fingerprint density at radius 3 is 2.95 bits per heavy atom. The number of imidazole rings is 1. The molecule has 0 bridgehead atoms. The van der Waals surface area contributed by atoms with Crippen LogP contribution in [0, 0.1) is 0 Å². The predicted molar refractivity (Wildman–Crippen MR) is 77.4 cm³/mol. The van der Waals surface area contributed by atoms with Crippen molar-refractivity contribution >= 4 is 11.7 Å². The fourth-order valence-corrected chi connectivity index (χ4v) is 2.19. The smallest absolute Gasteiger partial charge is 0.227 e. The molecule has 0 spiro atoms. The van der Waals surface area contributed by atoms with Crippen molar-refractivity contribution in [3.63, 3.8) is 0 Å². The zero-order valence-corrected chi connectivity index (χ0v) is 12.0. The van der Waals surface area contributed by atoms with E-state index in [0.29, 0.717) is 12.2 Å². The average Bonchev–Trinajstić information content (AvgIpc) is 3.09. The van der Waals surface area contributed by atoms with E-state index in [0.717, 1.165) is 25.0 Å². The van der Waals surface area contributed by atoms with Gasteiger partial charge in [-0.2, -0.15) is 5.10 Å². The highest BCUT2D eigenvalue weighted by Crippen LogP contribution is 2.18. The number of hydrogen-bond donors (Lipinski definition) is 2. The summed E-state index contributed by atoms with van der Waals surface area (Å²) in [6.07, 6.45) is 8.68. The quantitative estimate of drug-likeness (QED) is 0.815. The molecule has 108 valence electrons. The molecule has 2 N–H and O–H groups in total. The van der Waals surface area contributed by atoms with Crippen LogP contribution >= 0.6 is 0 Å². The van der Waals surface area contributed by atoms with E-state index < -0.39 is 0 Å². The Morgan fingerprint density at radius 1 is 1.50 bits per heavy atom. The minimum atomic E-state index is -0.0219.